The number of hydrogen-bond donors (Lipinski definition) is 1. The van der Waals surface area contributed by atoms with Crippen molar-refractivity contribution in [3.8, 4) is 5.75 Å². The molecule has 1 N–H and O–H groups in total. The highest BCUT2D eigenvalue weighted by atomic mass is 16.5. The van der Waals surface area contributed by atoms with Crippen LogP contribution in [0.4, 0.5) is 5.69 Å². The van der Waals surface area contributed by atoms with Gasteiger partial charge in [-0.3, -0.25) is 4.98 Å². The maximum Gasteiger partial charge on any atom is 0.160 e. The SMILES string of the molecule is COc1cnc(C)cc1NC(C)C1CCC1. The van der Waals surface area contributed by atoms with E-state index in [9.17, 15) is 0 Å². The molecule has 0 radical (unpaired) electrons. The van der Waals surface area contributed by atoms with Crippen LogP contribution in [0.15, 0.2) is 12.3 Å². The second-order valence-electron chi connectivity index (χ2n) is 4.65. The first-order valence-corrected chi connectivity index (χ1v) is 5.98. The molecule has 2 rings (SSSR count). The van der Waals surface area contributed by atoms with Gasteiger partial charge in [0, 0.05) is 11.7 Å². The summed E-state index contributed by atoms with van der Waals surface area (Å²) in [6, 6.07) is 2.57. The van der Waals surface area contributed by atoms with Gasteiger partial charge in [-0.05, 0) is 38.7 Å². The molecular formula is C13H20N2O. The van der Waals surface area contributed by atoms with E-state index in [2.05, 4.69) is 17.2 Å². The highest BCUT2D eigenvalue weighted by Crippen LogP contribution is 2.33. The standard InChI is InChI=1S/C13H20N2O/c1-9-7-12(13(16-3)8-14-9)15-10(2)11-5-4-6-11/h7-8,10-11H,4-6H2,1-3H3,(H,14,15). The summed E-state index contributed by atoms with van der Waals surface area (Å²) in [4.78, 5) is 4.23. The third-order valence-electron chi connectivity index (χ3n) is 3.46. The van der Waals surface area contributed by atoms with Crippen molar-refractivity contribution >= 4 is 5.69 Å². The van der Waals surface area contributed by atoms with Crippen molar-refractivity contribution in [2.24, 2.45) is 5.92 Å². The molecule has 3 nitrogen and oxygen atoms in total. The van der Waals surface area contributed by atoms with Gasteiger partial charge in [-0.2, -0.15) is 0 Å². The summed E-state index contributed by atoms with van der Waals surface area (Å²) in [5, 5.41) is 3.54. The fourth-order valence-electron chi connectivity index (χ4n) is 2.13. The van der Waals surface area contributed by atoms with Crippen LogP contribution < -0.4 is 10.1 Å². The van der Waals surface area contributed by atoms with E-state index < -0.39 is 0 Å². The van der Waals surface area contributed by atoms with Crippen molar-refractivity contribution in [2.75, 3.05) is 12.4 Å². The van der Waals surface area contributed by atoms with Crippen LogP contribution in [0.5, 0.6) is 5.75 Å². The third-order valence-corrected chi connectivity index (χ3v) is 3.46. The first-order valence-electron chi connectivity index (χ1n) is 5.98. The molecule has 0 bridgehead atoms. The smallest absolute Gasteiger partial charge is 0.160 e. The van der Waals surface area contributed by atoms with Crippen molar-refractivity contribution in [3.05, 3.63) is 18.0 Å². The zero-order valence-electron chi connectivity index (χ0n) is 10.3. The van der Waals surface area contributed by atoms with Gasteiger partial charge < -0.3 is 10.1 Å². The van der Waals surface area contributed by atoms with Gasteiger partial charge in [-0.25, -0.2) is 0 Å². The minimum Gasteiger partial charge on any atom is -0.493 e. The average Bonchev–Trinajstić information content (AvgIpc) is 2.15. The molecule has 1 saturated carbocycles. The predicted octanol–water partition coefficient (Wildman–Crippen LogP) is 3.00. The van der Waals surface area contributed by atoms with Gasteiger partial charge in [0.25, 0.3) is 0 Å². The molecule has 0 aromatic carbocycles. The largest absolute Gasteiger partial charge is 0.493 e. The normalized spacial score (nSPS) is 17.7. The van der Waals surface area contributed by atoms with Crippen molar-refractivity contribution < 1.29 is 4.74 Å². The summed E-state index contributed by atoms with van der Waals surface area (Å²) in [5.41, 5.74) is 2.08. The molecule has 1 atom stereocenters. The van der Waals surface area contributed by atoms with Gasteiger partial charge in [0.2, 0.25) is 0 Å². The van der Waals surface area contributed by atoms with E-state index in [-0.39, 0.29) is 0 Å². The zero-order valence-corrected chi connectivity index (χ0v) is 10.3. The van der Waals surface area contributed by atoms with Crippen LogP contribution in [0.3, 0.4) is 0 Å². The van der Waals surface area contributed by atoms with Crippen LogP contribution in [-0.4, -0.2) is 18.1 Å². The number of anilines is 1. The molecule has 1 unspecified atom stereocenters. The van der Waals surface area contributed by atoms with Gasteiger partial charge in [0.1, 0.15) is 0 Å². The van der Waals surface area contributed by atoms with Crippen LogP contribution >= 0.6 is 0 Å². The Kier molecular flexibility index (Phi) is 3.32. The molecule has 1 heterocycles. The Morgan fingerprint density at radius 1 is 1.50 bits per heavy atom. The Morgan fingerprint density at radius 3 is 2.81 bits per heavy atom. The molecule has 0 amide bonds. The van der Waals surface area contributed by atoms with Gasteiger partial charge in [0.05, 0.1) is 19.0 Å². The molecule has 0 spiro atoms. The van der Waals surface area contributed by atoms with E-state index in [1.165, 1.54) is 19.3 Å². The van der Waals surface area contributed by atoms with Crippen LogP contribution in [0, 0.1) is 12.8 Å². The molecule has 1 fully saturated rings. The van der Waals surface area contributed by atoms with Gasteiger partial charge in [-0.15, -0.1) is 0 Å². The fourth-order valence-corrected chi connectivity index (χ4v) is 2.13. The lowest BCUT2D eigenvalue weighted by Crippen LogP contribution is -2.30. The van der Waals surface area contributed by atoms with E-state index in [1.807, 2.05) is 13.0 Å². The minimum absolute atomic E-state index is 0.518. The number of pyridine rings is 1. The quantitative estimate of drug-likeness (QED) is 0.847. The van der Waals surface area contributed by atoms with Crippen LogP contribution in [0.2, 0.25) is 0 Å². The van der Waals surface area contributed by atoms with Crippen LogP contribution in [0.1, 0.15) is 31.9 Å². The molecule has 88 valence electrons. The lowest BCUT2D eigenvalue weighted by atomic mass is 9.80. The number of ether oxygens (including phenoxy) is 1. The van der Waals surface area contributed by atoms with Crippen LogP contribution in [-0.2, 0) is 0 Å². The van der Waals surface area contributed by atoms with Gasteiger partial charge in [0.15, 0.2) is 5.75 Å². The minimum atomic E-state index is 0.518. The summed E-state index contributed by atoms with van der Waals surface area (Å²) in [6.45, 7) is 4.25. The molecule has 1 aromatic rings. The number of nitrogens with zero attached hydrogens (tertiary/aromatic N) is 1. The van der Waals surface area contributed by atoms with Crippen molar-refractivity contribution in [1.29, 1.82) is 0 Å². The van der Waals surface area contributed by atoms with E-state index in [4.69, 9.17) is 4.74 Å². The van der Waals surface area contributed by atoms with E-state index in [0.717, 1.165) is 23.0 Å². The maximum absolute atomic E-state index is 5.31. The molecule has 16 heavy (non-hydrogen) atoms. The summed E-state index contributed by atoms with van der Waals surface area (Å²) >= 11 is 0. The van der Waals surface area contributed by atoms with Crippen LogP contribution in [0.25, 0.3) is 0 Å². The Hall–Kier alpha value is -1.25. The lowest BCUT2D eigenvalue weighted by Gasteiger charge is -2.32. The predicted molar refractivity (Wildman–Crippen MR) is 66.0 cm³/mol. The Morgan fingerprint density at radius 2 is 2.25 bits per heavy atom. The number of aromatic nitrogens is 1. The summed E-state index contributed by atoms with van der Waals surface area (Å²) in [6.07, 6.45) is 5.86. The first kappa shape index (κ1) is 11.2. The Bertz CT molecular complexity index is 361. The third kappa shape index (κ3) is 2.29. The molecule has 1 aromatic heterocycles. The molecule has 1 aliphatic rings. The Labute approximate surface area is 97.2 Å². The number of nitrogens with one attached hydrogen (secondary N) is 1. The zero-order chi connectivity index (χ0) is 11.5. The number of rotatable bonds is 4. The number of hydrogen-bond acceptors (Lipinski definition) is 3. The molecule has 1 aliphatic carbocycles. The van der Waals surface area contributed by atoms with Crippen molar-refractivity contribution in [2.45, 2.75) is 39.2 Å². The van der Waals surface area contributed by atoms with E-state index in [0.29, 0.717) is 6.04 Å². The lowest BCUT2D eigenvalue weighted by molar-refractivity contribution is 0.284. The maximum atomic E-state index is 5.31. The monoisotopic (exact) mass is 220 g/mol. The average molecular weight is 220 g/mol. The Balaban J connectivity index is 2.09. The van der Waals surface area contributed by atoms with Gasteiger partial charge >= 0.3 is 0 Å². The second-order valence-corrected chi connectivity index (χ2v) is 4.65. The van der Waals surface area contributed by atoms with E-state index in [1.54, 1.807) is 13.3 Å². The molecule has 0 aliphatic heterocycles. The number of aryl methyl sites for hydroxylation is 1. The highest BCUT2D eigenvalue weighted by Gasteiger charge is 2.24. The summed E-state index contributed by atoms with van der Waals surface area (Å²) in [7, 11) is 1.69. The fraction of sp³-hybridized carbons (Fsp3) is 0.615. The van der Waals surface area contributed by atoms with Crippen molar-refractivity contribution in [3.63, 3.8) is 0 Å². The van der Waals surface area contributed by atoms with Crippen molar-refractivity contribution in [1.82, 2.24) is 4.98 Å². The van der Waals surface area contributed by atoms with E-state index >= 15 is 0 Å². The molecule has 0 saturated heterocycles. The second kappa shape index (κ2) is 4.73. The molecule has 3 heteroatoms. The first-order chi connectivity index (χ1) is 7.70. The highest BCUT2D eigenvalue weighted by molar-refractivity contribution is 5.56. The topological polar surface area (TPSA) is 34.1 Å². The van der Waals surface area contributed by atoms with Gasteiger partial charge in [-0.1, -0.05) is 6.42 Å². The molecular weight excluding hydrogens is 200 g/mol. The summed E-state index contributed by atoms with van der Waals surface area (Å²) in [5.74, 6) is 1.65. The number of methoxy groups -OCH3 is 1. The summed E-state index contributed by atoms with van der Waals surface area (Å²) < 4.78 is 5.31.